The molecule has 0 saturated carbocycles. The summed E-state index contributed by atoms with van der Waals surface area (Å²) in [5, 5.41) is 3.11. The number of aromatic nitrogens is 2. The van der Waals surface area contributed by atoms with Crippen molar-refractivity contribution in [3.63, 3.8) is 0 Å². The standard InChI is InChI=1S/C12H20N4O3/c1-13-7-9-8-16(4-5-19-9)12-14-10(17-2)6-11(15-12)18-3/h6,9,13H,4-5,7-8H2,1-3H3. The maximum absolute atomic E-state index is 5.66. The molecule has 1 aromatic rings. The average Bonchev–Trinajstić information content (AvgIpc) is 2.47. The van der Waals surface area contributed by atoms with E-state index in [1.54, 1.807) is 20.3 Å². The molecule has 7 nitrogen and oxygen atoms in total. The highest BCUT2D eigenvalue weighted by molar-refractivity contribution is 5.37. The summed E-state index contributed by atoms with van der Waals surface area (Å²) in [4.78, 5) is 10.8. The maximum Gasteiger partial charge on any atom is 0.232 e. The monoisotopic (exact) mass is 268 g/mol. The molecule has 1 fully saturated rings. The number of hydrogen-bond acceptors (Lipinski definition) is 7. The van der Waals surface area contributed by atoms with Crippen LogP contribution in [0.4, 0.5) is 5.95 Å². The molecular formula is C12H20N4O3. The first-order chi connectivity index (χ1) is 9.26. The Balaban J connectivity index is 2.15. The zero-order chi connectivity index (χ0) is 13.7. The first-order valence-electron chi connectivity index (χ1n) is 6.25. The SMILES string of the molecule is CNCC1CN(c2nc(OC)cc(OC)n2)CCO1. The summed E-state index contributed by atoms with van der Waals surface area (Å²) in [6, 6.07) is 1.66. The zero-order valence-electron chi connectivity index (χ0n) is 11.5. The smallest absolute Gasteiger partial charge is 0.232 e. The van der Waals surface area contributed by atoms with E-state index in [0.717, 1.165) is 19.6 Å². The molecule has 1 N–H and O–H groups in total. The van der Waals surface area contributed by atoms with Crippen LogP contribution in [0.15, 0.2) is 6.07 Å². The van der Waals surface area contributed by atoms with E-state index in [9.17, 15) is 0 Å². The minimum Gasteiger partial charge on any atom is -0.481 e. The van der Waals surface area contributed by atoms with Gasteiger partial charge in [-0.25, -0.2) is 0 Å². The number of nitrogens with zero attached hydrogens (tertiary/aromatic N) is 3. The third-order valence-corrected chi connectivity index (χ3v) is 2.94. The lowest BCUT2D eigenvalue weighted by atomic mass is 10.3. The summed E-state index contributed by atoms with van der Waals surface area (Å²) in [6.07, 6.45) is 0.138. The van der Waals surface area contributed by atoms with E-state index in [2.05, 4.69) is 20.2 Å². The van der Waals surface area contributed by atoms with Gasteiger partial charge in [-0.2, -0.15) is 9.97 Å². The van der Waals surface area contributed by atoms with Crippen LogP contribution < -0.4 is 19.7 Å². The second-order valence-electron chi connectivity index (χ2n) is 4.25. The molecular weight excluding hydrogens is 248 g/mol. The van der Waals surface area contributed by atoms with Gasteiger partial charge < -0.3 is 24.4 Å². The Labute approximate surface area is 112 Å². The van der Waals surface area contributed by atoms with Gasteiger partial charge in [-0.1, -0.05) is 0 Å². The number of hydrogen-bond donors (Lipinski definition) is 1. The molecule has 0 bridgehead atoms. The Hall–Kier alpha value is -1.60. The van der Waals surface area contributed by atoms with Gasteiger partial charge in [0.05, 0.1) is 33.0 Å². The van der Waals surface area contributed by atoms with Gasteiger partial charge in [0.2, 0.25) is 17.7 Å². The van der Waals surface area contributed by atoms with E-state index in [0.29, 0.717) is 24.3 Å². The van der Waals surface area contributed by atoms with Crippen molar-refractivity contribution in [3.05, 3.63) is 6.07 Å². The Morgan fingerprint density at radius 2 is 2.05 bits per heavy atom. The topological polar surface area (TPSA) is 68.7 Å². The normalized spacial score (nSPS) is 19.3. The van der Waals surface area contributed by atoms with Crippen molar-refractivity contribution in [2.24, 2.45) is 0 Å². The summed E-state index contributed by atoms with van der Waals surface area (Å²) in [5.41, 5.74) is 0. The van der Waals surface area contributed by atoms with Crippen molar-refractivity contribution in [2.45, 2.75) is 6.10 Å². The third kappa shape index (κ3) is 3.45. The van der Waals surface area contributed by atoms with Crippen molar-refractivity contribution in [2.75, 3.05) is 52.4 Å². The molecule has 1 aliphatic rings. The van der Waals surface area contributed by atoms with Crippen LogP contribution in [0.2, 0.25) is 0 Å². The van der Waals surface area contributed by atoms with Crippen LogP contribution in [0, 0.1) is 0 Å². The van der Waals surface area contributed by atoms with Crippen LogP contribution in [0.5, 0.6) is 11.8 Å². The lowest BCUT2D eigenvalue weighted by molar-refractivity contribution is 0.0415. The predicted molar refractivity (Wildman–Crippen MR) is 71.0 cm³/mol. The minimum absolute atomic E-state index is 0.138. The van der Waals surface area contributed by atoms with E-state index >= 15 is 0 Å². The number of anilines is 1. The van der Waals surface area contributed by atoms with Crippen LogP contribution in [-0.2, 0) is 4.74 Å². The molecule has 19 heavy (non-hydrogen) atoms. The summed E-state index contributed by atoms with van der Waals surface area (Å²) in [7, 11) is 5.07. The van der Waals surface area contributed by atoms with Crippen molar-refractivity contribution in [3.8, 4) is 11.8 Å². The summed E-state index contributed by atoms with van der Waals surface area (Å²) >= 11 is 0. The van der Waals surface area contributed by atoms with Crippen LogP contribution in [0.1, 0.15) is 0 Å². The number of morpholine rings is 1. The Morgan fingerprint density at radius 1 is 1.37 bits per heavy atom. The highest BCUT2D eigenvalue weighted by Crippen LogP contribution is 2.21. The van der Waals surface area contributed by atoms with Gasteiger partial charge in [0.25, 0.3) is 0 Å². The molecule has 0 aliphatic carbocycles. The number of rotatable bonds is 5. The highest BCUT2D eigenvalue weighted by atomic mass is 16.5. The fourth-order valence-corrected chi connectivity index (χ4v) is 2.00. The van der Waals surface area contributed by atoms with Gasteiger partial charge in [-0.15, -0.1) is 0 Å². The highest BCUT2D eigenvalue weighted by Gasteiger charge is 2.22. The number of nitrogens with one attached hydrogen (secondary N) is 1. The minimum atomic E-state index is 0.138. The van der Waals surface area contributed by atoms with Gasteiger partial charge in [0.1, 0.15) is 0 Å². The van der Waals surface area contributed by atoms with Crippen LogP contribution in [0.3, 0.4) is 0 Å². The van der Waals surface area contributed by atoms with E-state index in [1.165, 1.54) is 0 Å². The molecule has 2 rings (SSSR count). The third-order valence-electron chi connectivity index (χ3n) is 2.94. The van der Waals surface area contributed by atoms with E-state index in [-0.39, 0.29) is 6.10 Å². The quantitative estimate of drug-likeness (QED) is 0.801. The Kier molecular flexibility index (Phi) is 4.75. The number of likely N-dealkylation sites (N-methyl/N-ethyl adjacent to an activating group) is 1. The lowest BCUT2D eigenvalue weighted by Gasteiger charge is -2.33. The summed E-state index contributed by atoms with van der Waals surface area (Å²) in [6.45, 7) is 2.97. The van der Waals surface area contributed by atoms with Gasteiger partial charge >= 0.3 is 0 Å². The van der Waals surface area contributed by atoms with Gasteiger partial charge in [0, 0.05) is 19.6 Å². The summed E-state index contributed by atoms with van der Waals surface area (Å²) < 4.78 is 16.0. The van der Waals surface area contributed by atoms with Crippen molar-refractivity contribution < 1.29 is 14.2 Å². The summed E-state index contributed by atoms with van der Waals surface area (Å²) in [5.74, 6) is 1.61. The zero-order valence-corrected chi connectivity index (χ0v) is 11.5. The first-order valence-corrected chi connectivity index (χ1v) is 6.25. The number of methoxy groups -OCH3 is 2. The molecule has 1 atom stereocenters. The molecule has 1 aliphatic heterocycles. The largest absolute Gasteiger partial charge is 0.481 e. The second-order valence-corrected chi connectivity index (χ2v) is 4.25. The molecule has 7 heteroatoms. The fraction of sp³-hybridized carbons (Fsp3) is 0.667. The molecule has 0 aromatic carbocycles. The van der Waals surface area contributed by atoms with Crippen molar-refractivity contribution >= 4 is 5.95 Å². The average molecular weight is 268 g/mol. The molecule has 0 amide bonds. The molecule has 1 unspecified atom stereocenters. The molecule has 1 saturated heterocycles. The fourth-order valence-electron chi connectivity index (χ4n) is 2.00. The van der Waals surface area contributed by atoms with E-state index < -0.39 is 0 Å². The van der Waals surface area contributed by atoms with Crippen molar-refractivity contribution in [1.29, 1.82) is 0 Å². The molecule has 1 aromatic heterocycles. The van der Waals surface area contributed by atoms with Gasteiger partial charge in [-0.05, 0) is 7.05 Å². The van der Waals surface area contributed by atoms with E-state index in [1.807, 2.05) is 7.05 Å². The van der Waals surface area contributed by atoms with Crippen molar-refractivity contribution in [1.82, 2.24) is 15.3 Å². The Bertz CT molecular complexity index is 392. The van der Waals surface area contributed by atoms with Gasteiger partial charge in [-0.3, -0.25) is 0 Å². The Morgan fingerprint density at radius 3 is 2.63 bits per heavy atom. The maximum atomic E-state index is 5.66. The second kappa shape index (κ2) is 6.53. The first kappa shape index (κ1) is 13.8. The van der Waals surface area contributed by atoms with Crippen LogP contribution in [-0.4, -0.2) is 63.6 Å². The van der Waals surface area contributed by atoms with Crippen LogP contribution in [0.25, 0.3) is 0 Å². The molecule has 106 valence electrons. The molecule has 0 spiro atoms. The molecule has 2 heterocycles. The molecule has 0 radical (unpaired) electrons. The lowest BCUT2D eigenvalue weighted by Crippen LogP contribution is -2.46. The van der Waals surface area contributed by atoms with E-state index in [4.69, 9.17) is 14.2 Å². The number of ether oxygens (including phenoxy) is 3. The van der Waals surface area contributed by atoms with Gasteiger partial charge in [0.15, 0.2) is 0 Å². The van der Waals surface area contributed by atoms with Crippen LogP contribution >= 0.6 is 0 Å². The predicted octanol–water partition coefficient (Wildman–Crippen LogP) is -0.0816.